The number of sulfone groups is 1. The number of carbonyl (C=O) groups excluding carboxylic acids is 1. The molecule has 0 unspecified atom stereocenters. The van der Waals surface area contributed by atoms with E-state index in [2.05, 4.69) is 10.6 Å². The molecule has 1 aromatic carbocycles. The first-order valence-electron chi connectivity index (χ1n) is 7.50. The average molecular weight is 340 g/mol. The van der Waals surface area contributed by atoms with Gasteiger partial charge < -0.3 is 15.7 Å². The topological polar surface area (TPSA) is 113 Å². The quantitative estimate of drug-likeness (QED) is 0.733. The van der Waals surface area contributed by atoms with Gasteiger partial charge in [-0.2, -0.15) is 0 Å². The van der Waals surface area contributed by atoms with Gasteiger partial charge in [0.15, 0.2) is 9.84 Å². The van der Waals surface area contributed by atoms with Crippen LogP contribution in [0.4, 0.5) is 10.5 Å². The molecule has 23 heavy (non-hydrogen) atoms. The SMILES string of the molecule is O=C(O)CCNC(=O)Nc1ccc(S(=O)(=O)C2CCCC2)cc1. The molecule has 0 heterocycles. The van der Waals surface area contributed by atoms with Gasteiger partial charge in [-0.3, -0.25) is 4.79 Å². The lowest BCUT2D eigenvalue weighted by molar-refractivity contribution is -0.136. The van der Waals surface area contributed by atoms with Gasteiger partial charge in [-0.1, -0.05) is 12.8 Å². The fraction of sp³-hybridized carbons (Fsp3) is 0.467. The highest BCUT2D eigenvalue weighted by atomic mass is 32.2. The number of urea groups is 1. The van der Waals surface area contributed by atoms with Crippen LogP contribution in [0.2, 0.25) is 0 Å². The smallest absolute Gasteiger partial charge is 0.319 e. The number of rotatable bonds is 6. The molecule has 7 nitrogen and oxygen atoms in total. The van der Waals surface area contributed by atoms with Crippen molar-refractivity contribution in [3.05, 3.63) is 24.3 Å². The number of hydrogen-bond donors (Lipinski definition) is 3. The lowest BCUT2D eigenvalue weighted by atomic mass is 10.3. The summed E-state index contributed by atoms with van der Waals surface area (Å²) in [4.78, 5) is 22.2. The molecule has 0 aromatic heterocycles. The minimum Gasteiger partial charge on any atom is -0.481 e. The molecule has 2 rings (SSSR count). The molecule has 0 aliphatic heterocycles. The Labute approximate surface area is 135 Å². The van der Waals surface area contributed by atoms with Crippen molar-refractivity contribution in [1.29, 1.82) is 0 Å². The summed E-state index contributed by atoms with van der Waals surface area (Å²) in [6.45, 7) is 0.0231. The Bertz CT molecular complexity index is 664. The first kappa shape index (κ1) is 17.3. The summed E-state index contributed by atoms with van der Waals surface area (Å²) < 4.78 is 24.8. The van der Waals surface area contributed by atoms with E-state index < -0.39 is 21.8 Å². The van der Waals surface area contributed by atoms with Gasteiger partial charge in [0.1, 0.15) is 0 Å². The summed E-state index contributed by atoms with van der Waals surface area (Å²) >= 11 is 0. The standard InChI is InChI=1S/C15H20N2O5S/c18-14(19)9-10-16-15(20)17-11-5-7-13(8-6-11)23(21,22)12-3-1-2-4-12/h5-8,12H,1-4,9-10H2,(H,18,19)(H2,16,17,20). The summed E-state index contributed by atoms with van der Waals surface area (Å²) in [7, 11) is -3.30. The number of aliphatic carboxylic acids is 1. The number of carboxylic acids is 1. The predicted molar refractivity (Wildman–Crippen MR) is 85.2 cm³/mol. The Balaban J connectivity index is 1.94. The first-order chi connectivity index (χ1) is 10.9. The zero-order valence-corrected chi connectivity index (χ0v) is 13.4. The molecule has 3 N–H and O–H groups in total. The molecule has 0 spiro atoms. The maximum atomic E-state index is 12.4. The van der Waals surface area contributed by atoms with Crippen molar-refractivity contribution in [1.82, 2.24) is 5.32 Å². The van der Waals surface area contributed by atoms with E-state index in [-0.39, 0.29) is 23.1 Å². The summed E-state index contributed by atoms with van der Waals surface area (Å²) in [5, 5.41) is 13.1. The van der Waals surface area contributed by atoms with Crippen molar-refractivity contribution in [2.24, 2.45) is 0 Å². The summed E-state index contributed by atoms with van der Waals surface area (Å²) in [6, 6.07) is 5.50. The molecule has 8 heteroatoms. The highest BCUT2D eigenvalue weighted by Crippen LogP contribution is 2.29. The van der Waals surface area contributed by atoms with Crippen LogP contribution >= 0.6 is 0 Å². The maximum absolute atomic E-state index is 12.4. The molecule has 2 amide bonds. The zero-order chi connectivity index (χ0) is 16.9. The molecule has 0 radical (unpaired) electrons. The number of benzene rings is 1. The molecule has 1 aromatic rings. The molecular weight excluding hydrogens is 320 g/mol. The molecular formula is C15H20N2O5S. The lowest BCUT2D eigenvalue weighted by Gasteiger charge is -2.12. The first-order valence-corrected chi connectivity index (χ1v) is 9.05. The minimum atomic E-state index is -3.30. The summed E-state index contributed by atoms with van der Waals surface area (Å²) in [5.74, 6) is -0.994. The van der Waals surface area contributed by atoms with E-state index in [1.54, 1.807) is 0 Å². The van der Waals surface area contributed by atoms with Gasteiger partial charge >= 0.3 is 12.0 Å². The van der Waals surface area contributed by atoms with E-state index in [0.29, 0.717) is 18.5 Å². The Morgan fingerprint density at radius 2 is 1.74 bits per heavy atom. The van der Waals surface area contributed by atoms with Crippen LogP contribution in [0.15, 0.2) is 29.2 Å². The second-order valence-corrected chi connectivity index (χ2v) is 7.73. The van der Waals surface area contributed by atoms with E-state index in [1.807, 2.05) is 0 Å². The van der Waals surface area contributed by atoms with Crippen molar-refractivity contribution in [3.8, 4) is 0 Å². The second kappa shape index (κ2) is 7.45. The van der Waals surface area contributed by atoms with Gasteiger partial charge in [-0.15, -0.1) is 0 Å². The summed E-state index contributed by atoms with van der Waals surface area (Å²) in [5.41, 5.74) is 0.447. The molecule has 1 aliphatic carbocycles. The second-order valence-electron chi connectivity index (χ2n) is 5.50. The number of nitrogens with one attached hydrogen (secondary N) is 2. The molecule has 126 valence electrons. The van der Waals surface area contributed by atoms with Gasteiger partial charge in [0.2, 0.25) is 0 Å². The Hall–Kier alpha value is -2.09. The van der Waals surface area contributed by atoms with Crippen LogP contribution in [0.25, 0.3) is 0 Å². The number of carbonyl (C=O) groups is 2. The Kier molecular flexibility index (Phi) is 5.59. The van der Waals surface area contributed by atoms with E-state index in [4.69, 9.17) is 5.11 Å². The van der Waals surface area contributed by atoms with Gasteiger partial charge in [0, 0.05) is 12.2 Å². The normalized spacial score (nSPS) is 15.3. The molecule has 0 bridgehead atoms. The van der Waals surface area contributed by atoms with Crippen LogP contribution < -0.4 is 10.6 Å². The van der Waals surface area contributed by atoms with Gasteiger partial charge in [0.25, 0.3) is 0 Å². The fourth-order valence-electron chi connectivity index (χ4n) is 2.58. The van der Waals surface area contributed by atoms with Crippen LogP contribution in [0, 0.1) is 0 Å². The number of amides is 2. The highest BCUT2D eigenvalue weighted by Gasteiger charge is 2.30. The highest BCUT2D eigenvalue weighted by molar-refractivity contribution is 7.92. The Morgan fingerprint density at radius 1 is 1.13 bits per heavy atom. The van der Waals surface area contributed by atoms with E-state index in [9.17, 15) is 18.0 Å². The molecule has 0 saturated heterocycles. The molecule has 1 saturated carbocycles. The Morgan fingerprint density at radius 3 is 2.30 bits per heavy atom. The number of carboxylic acid groups (broad SMARTS) is 1. The van der Waals surface area contributed by atoms with Gasteiger partial charge in [0.05, 0.1) is 16.6 Å². The maximum Gasteiger partial charge on any atom is 0.319 e. The molecule has 1 aliphatic rings. The third-order valence-electron chi connectivity index (χ3n) is 3.81. The van der Waals surface area contributed by atoms with Crippen LogP contribution in [-0.4, -0.2) is 37.3 Å². The van der Waals surface area contributed by atoms with Crippen molar-refractivity contribution >= 4 is 27.5 Å². The molecule has 0 atom stereocenters. The van der Waals surface area contributed by atoms with Crippen molar-refractivity contribution in [2.45, 2.75) is 42.2 Å². The average Bonchev–Trinajstić information content (AvgIpc) is 3.02. The van der Waals surface area contributed by atoms with Crippen molar-refractivity contribution in [2.75, 3.05) is 11.9 Å². The van der Waals surface area contributed by atoms with Crippen molar-refractivity contribution in [3.63, 3.8) is 0 Å². The van der Waals surface area contributed by atoms with Crippen LogP contribution in [0.5, 0.6) is 0 Å². The van der Waals surface area contributed by atoms with Crippen LogP contribution in [0.1, 0.15) is 32.1 Å². The minimum absolute atomic E-state index is 0.0231. The third kappa shape index (κ3) is 4.69. The zero-order valence-electron chi connectivity index (χ0n) is 12.6. The monoisotopic (exact) mass is 340 g/mol. The summed E-state index contributed by atoms with van der Waals surface area (Å²) in [6.07, 6.45) is 3.13. The number of anilines is 1. The van der Waals surface area contributed by atoms with E-state index >= 15 is 0 Å². The molecule has 1 fully saturated rings. The van der Waals surface area contributed by atoms with E-state index in [0.717, 1.165) is 12.8 Å². The fourth-order valence-corrected chi connectivity index (χ4v) is 4.43. The lowest BCUT2D eigenvalue weighted by Crippen LogP contribution is -2.30. The number of hydrogen-bond acceptors (Lipinski definition) is 4. The van der Waals surface area contributed by atoms with Crippen LogP contribution in [-0.2, 0) is 14.6 Å². The van der Waals surface area contributed by atoms with Gasteiger partial charge in [-0.25, -0.2) is 13.2 Å². The third-order valence-corrected chi connectivity index (χ3v) is 6.08. The van der Waals surface area contributed by atoms with Crippen molar-refractivity contribution < 1.29 is 23.1 Å². The largest absolute Gasteiger partial charge is 0.481 e. The van der Waals surface area contributed by atoms with Gasteiger partial charge in [-0.05, 0) is 37.1 Å². The van der Waals surface area contributed by atoms with Crippen LogP contribution in [0.3, 0.4) is 0 Å². The van der Waals surface area contributed by atoms with E-state index in [1.165, 1.54) is 24.3 Å². The predicted octanol–water partition coefficient (Wildman–Crippen LogP) is 2.00.